The number of nitro benzene ring substituents is 1. The summed E-state index contributed by atoms with van der Waals surface area (Å²) >= 11 is 0. The van der Waals surface area contributed by atoms with E-state index >= 15 is 0 Å². The summed E-state index contributed by atoms with van der Waals surface area (Å²) in [4.78, 5) is 25.8. The van der Waals surface area contributed by atoms with Crippen LogP contribution in [-0.2, 0) is 13.0 Å². The van der Waals surface area contributed by atoms with Crippen LogP contribution in [0, 0.1) is 23.0 Å². The average molecular weight is 444 g/mol. The monoisotopic (exact) mass is 443 g/mol. The quantitative estimate of drug-likeness (QED) is 0.380. The molecule has 0 unspecified atom stereocenters. The van der Waals surface area contributed by atoms with Crippen LogP contribution in [0.2, 0.25) is 0 Å². The van der Waals surface area contributed by atoms with Crippen molar-refractivity contribution in [3.8, 4) is 0 Å². The third-order valence-electron chi connectivity index (χ3n) is 6.45. The molecule has 1 aliphatic rings. The molecular formula is C27H29N3O3. The van der Waals surface area contributed by atoms with E-state index in [4.69, 9.17) is 0 Å². The lowest BCUT2D eigenvalue weighted by Gasteiger charge is -2.32. The summed E-state index contributed by atoms with van der Waals surface area (Å²) in [6.45, 7) is 4.70. The van der Waals surface area contributed by atoms with Gasteiger partial charge in [-0.05, 0) is 74.5 Å². The number of nitrogens with one attached hydrogen (secondary N) is 1. The molecule has 4 rings (SSSR count). The van der Waals surface area contributed by atoms with Crippen molar-refractivity contribution in [2.45, 2.75) is 32.7 Å². The fraction of sp³-hybridized carbons (Fsp3) is 0.296. The van der Waals surface area contributed by atoms with Gasteiger partial charge in [-0.3, -0.25) is 19.8 Å². The van der Waals surface area contributed by atoms with Crippen LogP contribution in [0.3, 0.4) is 0 Å². The predicted octanol–water partition coefficient (Wildman–Crippen LogP) is 5.61. The van der Waals surface area contributed by atoms with Gasteiger partial charge in [-0.25, -0.2) is 0 Å². The van der Waals surface area contributed by atoms with E-state index in [2.05, 4.69) is 40.5 Å². The molecule has 0 aromatic heterocycles. The molecule has 0 spiro atoms. The van der Waals surface area contributed by atoms with Crippen molar-refractivity contribution in [2.24, 2.45) is 5.92 Å². The first-order valence-electron chi connectivity index (χ1n) is 11.4. The highest BCUT2D eigenvalue weighted by Gasteiger charge is 2.20. The van der Waals surface area contributed by atoms with E-state index < -0.39 is 4.92 Å². The summed E-state index contributed by atoms with van der Waals surface area (Å²) in [6.07, 6.45) is 3.57. The van der Waals surface area contributed by atoms with Crippen LogP contribution >= 0.6 is 0 Å². The van der Waals surface area contributed by atoms with E-state index in [0.29, 0.717) is 16.8 Å². The Morgan fingerprint density at radius 3 is 2.33 bits per heavy atom. The number of piperidine rings is 1. The van der Waals surface area contributed by atoms with Crippen molar-refractivity contribution in [3.63, 3.8) is 0 Å². The zero-order valence-corrected chi connectivity index (χ0v) is 18.9. The molecule has 1 saturated heterocycles. The molecule has 0 atom stereocenters. The molecule has 3 aromatic rings. The SMILES string of the molecule is Cc1c(NC(=O)c2ccc(CN3CCC(Cc4ccccc4)CC3)cc2)cccc1[N+](=O)[O-]. The number of carbonyl (C=O) groups is 1. The lowest BCUT2D eigenvalue weighted by atomic mass is 9.90. The van der Waals surface area contributed by atoms with Crippen molar-refractivity contribution in [1.82, 2.24) is 4.90 Å². The number of nitrogens with zero attached hydrogens (tertiary/aromatic N) is 2. The minimum absolute atomic E-state index is 0.00399. The predicted molar refractivity (Wildman–Crippen MR) is 130 cm³/mol. The molecule has 0 saturated carbocycles. The van der Waals surface area contributed by atoms with Crippen LogP contribution in [0.15, 0.2) is 72.8 Å². The number of rotatable bonds is 7. The molecule has 33 heavy (non-hydrogen) atoms. The van der Waals surface area contributed by atoms with Crippen LogP contribution in [0.5, 0.6) is 0 Å². The summed E-state index contributed by atoms with van der Waals surface area (Å²) < 4.78 is 0. The van der Waals surface area contributed by atoms with Gasteiger partial charge in [0, 0.05) is 18.2 Å². The summed E-state index contributed by atoms with van der Waals surface area (Å²) in [5.41, 5.74) is 4.03. The second-order valence-corrected chi connectivity index (χ2v) is 8.77. The number of carbonyl (C=O) groups excluding carboxylic acids is 1. The molecule has 1 heterocycles. The van der Waals surface area contributed by atoms with Crippen LogP contribution < -0.4 is 5.32 Å². The Balaban J connectivity index is 1.29. The van der Waals surface area contributed by atoms with Crippen molar-refractivity contribution >= 4 is 17.3 Å². The Morgan fingerprint density at radius 2 is 1.67 bits per heavy atom. The Morgan fingerprint density at radius 1 is 0.970 bits per heavy atom. The third kappa shape index (κ3) is 5.84. The molecule has 1 fully saturated rings. The van der Waals surface area contributed by atoms with Gasteiger partial charge in [0.15, 0.2) is 0 Å². The number of hydrogen-bond donors (Lipinski definition) is 1. The highest BCUT2D eigenvalue weighted by molar-refractivity contribution is 6.04. The molecule has 170 valence electrons. The van der Waals surface area contributed by atoms with Crippen LogP contribution in [0.4, 0.5) is 11.4 Å². The van der Waals surface area contributed by atoms with Gasteiger partial charge in [-0.2, -0.15) is 0 Å². The molecular weight excluding hydrogens is 414 g/mol. The van der Waals surface area contributed by atoms with E-state index in [-0.39, 0.29) is 11.6 Å². The standard InChI is InChI=1S/C27H29N3O3/c1-20-25(8-5-9-26(20)30(32)33)28-27(31)24-12-10-23(11-13-24)19-29-16-14-22(15-17-29)18-21-6-3-2-4-7-21/h2-13,22H,14-19H2,1H3,(H,28,31). The molecule has 0 aliphatic carbocycles. The van der Waals surface area contributed by atoms with Gasteiger partial charge in [0.1, 0.15) is 0 Å². The van der Waals surface area contributed by atoms with Crippen molar-refractivity contribution in [3.05, 3.63) is 105 Å². The van der Waals surface area contributed by atoms with Gasteiger partial charge in [0.25, 0.3) is 11.6 Å². The Bertz CT molecular complexity index is 1110. The molecule has 6 heteroatoms. The largest absolute Gasteiger partial charge is 0.321 e. The Kier molecular flexibility index (Phi) is 7.15. The second-order valence-electron chi connectivity index (χ2n) is 8.77. The van der Waals surface area contributed by atoms with E-state index in [1.54, 1.807) is 19.1 Å². The van der Waals surface area contributed by atoms with Gasteiger partial charge in [0.05, 0.1) is 16.2 Å². The van der Waals surface area contributed by atoms with E-state index in [1.165, 1.54) is 30.0 Å². The third-order valence-corrected chi connectivity index (χ3v) is 6.45. The fourth-order valence-corrected chi connectivity index (χ4v) is 4.47. The number of hydrogen-bond acceptors (Lipinski definition) is 4. The molecule has 6 nitrogen and oxygen atoms in total. The zero-order valence-electron chi connectivity index (χ0n) is 18.9. The van der Waals surface area contributed by atoms with Gasteiger partial charge in [-0.1, -0.05) is 48.5 Å². The van der Waals surface area contributed by atoms with E-state index in [0.717, 1.165) is 32.0 Å². The highest BCUT2D eigenvalue weighted by atomic mass is 16.6. The number of likely N-dealkylation sites (tertiary alicyclic amines) is 1. The van der Waals surface area contributed by atoms with Crippen LogP contribution in [0.1, 0.15) is 39.9 Å². The lowest BCUT2D eigenvalue weighted by molar-refractivity contribution is -0.385. The fourth-order valence-electron chi connectivity index (χ4n) is 4.47. The Labute approximate surface area is 194 Å². The van der Waals surface area contributed by atoms with Crippen LogP contribution in [-0.4, -0.2) is 28.8 Å². The Hall–Kier alpha value is -3.51. The van der Waals surface area contributed by atoms with Crippen LogP contribution in [0.25, 0.3) is 0 Å². The smallest absolute Gasteiger partial charge is 0.274 e. The van der Waals surface area contributed by atoms with Gasteiger partial charge >= 0.3 is 0 Å². The highest BCUT2D eigenvalue weighted by Crippen LogP contribution is 2.26. The van der Waals surface area contributed by atoms with Gasteiger partial charge in [0.2, 0.25) is 0 Å². The minimum atomic E-state index is -0.440. The normalized spacial score (nSPS) is 14.7. The maximum absolute atomic E-state index is 12.6. The molecule has 0 bridgehead atoms. The van der Waals surface area contributed by atoms with E-state index in [1.807, 2.05) is 24.3 Å². The van der Waals surface area contributed by atoms with Gasteiger partial charge in [-0.15, -0.1) is 0 Å². The number of nitro groups is 1. The first kappa shape index (κ1) is 22.7. The molecule has 0 radical (unpaired) electrons. The second kappa shape index (κ2) is 10.4. The molecule has 1 aliphatic heterocycles. The lowest BCUT2D eigenvalue weighted by Crippen LogP contribution is -2.33. The topological polar surface area (TPSA) is 75.5 Å². The molecule has 1 N–H and O–H groups in total. The summed E-state index contributed by atoms with van der Waals surface area (Å²) in [5.74, 6) is 0.471. The molecule has 3 aromatic carbocycles. The number of benzene rings is 3. The summed E-state index contributed by atoms with van der Waals surface area (Å²) in [5, 5.41) is 13.9. The number of anilines is 1. The maximum atomic E-state index is 12.6. The first-order valence-corrected chi connectivity index (χ1v) is 11.4. The van der Waals surface area contributed by atoms with Gasteiger partial charge < -0.3 is 5.32 Å². The van der Waals surface area contributed by atoms with Crippen molar-refractivity contribution in [1.29, 1.82) is 0 Å². The van der Waals surface area contributed by atoms with E-state index in [9.17, 15) is 14.9 Å². The maximum Gasteiger partial charge on any atom is 0.274 e. The average Bonchev–Trinajstić information content (AvgIpc) is 2.82. The summed E-state index contributed by atoms with van der Waals surface area (Å²) in [6, 6.07) is 23.0. The van der Waals surface area contributed by atoms with Crippen molar-refractivity contribution < 1.29 is 9.72 Å². The summed E-state index contributed by atoms with van der Waals surface area (Å²) in [7, 11) is 0. The first-order chi connectivity index (χ1) is 16.0. The number of amides is 1. The minimum Gasteiger partial charge on any atom is -0.321 e. The molecule has 1 amide bonds. The van der Waals surface area contributed by atoms with Crippen molar-refractivity contribution in [2.75, 3.05) is 18.4 Å². The zero-order chi connectivity index (χ0) is 23.2.